The predicted molar refractivity (Wildman–Crippen MR) is 81.8 cm³/mol. The van der Waals surface area contributed by atoms with Crippen molar-refractivity contribution in [3.8, 4) is 0 Å². The van der Waals surface area contributed by atoms with Crippen LogP contribution in [0.3, 0.4) is 0 Å². The molecule has 0 amide bonds. The van der Waals surface area contributed by atoms with Crippen molar-refractivity contribution in [1.82, 2.24) is 4.31 Å². The van der Waals surface area contributed by atoms with Crippen molar-refractivity contribution >= 4 is 37.3 Å². The Morgan fingerprint density at radius 3 is 2.60 bits per heavy atom. The zero-order valence-electron chi connectivity index (χ0n) is 10.9. The zero-order chi connectivity index (χ0) is 14.9. The Labute approximate surface area is 130 Å². The number of rotatable bonds is 4. The SMILES string of the molecule is Cc1ccsc1CN(C)S(=O)(=O)c1ccc(Br)cc1F. The van der Waals surface area contributed by atoms with Crippen molar-refractivity contribution in [3.63, 3.8) is 0 Å². The van der Waals surface area contributed by atoms with Crippen LogP contribution in [-0.4, -0.2) is 19.8 Å². The first kappa shape index (κ1) is 15.6. The van der Waals surface area contributed by atoms with Crippen molar-refractivity contribution in [2.24, 2.45) is 0 Å². The van der Waals surface area contributed by atoms with E-state index in [0.717, 1.165) is 20.8 Å². The fourth-order valence-corrected chi connectivity index (χ4v) is 4.26. The molecule has 0 N–H and O–H groups in total. The van der Waals surface area contributed by atoms with Gasteiger partial charge in [0, 0.05) is 22.9 Å². The fraction of sp³-hybridized carbons (Fsp3) is 0.231. The Kier molecular flexibility index (Phi) is 4.63. The van der Waals surface area contributed by atoms with Crippen LogP contribution in [0.5, 0.6) is 0 Å². The Morgan fingerprint density at radius 1 is 1.35 bits per heavy atom. The van der Waals surface area contributed by atoms with Gasteiger partial charge in [-0.05, 0) is 42.1 Å². The molecule has 0 atom stereocenters. The number of hydrogen-bond acceptors (Lipinski definition) is 3. The molecular formula is C13H13BrFNO2S2. The summed E-state index contributed by atoms with van der Waals surface area (Å²) < 4.78 is 40.3. The van der Waals surface area contributed by atoms with E-state index in [0.29, 0.717) is 4.47 Å². The van der Waals surface area contributed by atoms with Crippen LogP contribution in [0.2, 0.25) is 0 Å². The molecule has 0 unspecified atom stereocenters. The first-order valence-electron chi connectivity index (χ1n) is 5.76. The summed E-state index contributed by atoms with van der Waals surface area (Å²) in [6.45, 7) is 2.16. The van der Waals surface area contributed by atoms with Gasteiger partial charge in [0.1, 0.15) is 10.7 Å². The first-order chi connectivity index (χ1) is 9.32. The number of aryl methyl sites for hydroxylation is 1. The Hall–Kier alpha value is -0.760. The summed E-state index contributed by atoms with van der Waals surface area (Å²) in [4.78, 5) is 0.644. The molecule has 0 spiro atoms. The maximum absolute atomic E-state index is 13.8. The minimum Gasteiger partial charge on any atom is -0.207 e. The molecule has 0 bridgehead atoms. The van der Waals surface area contributed by atoms with Crippen molar-refractivity contribution < 1.29 is 12.8 Å². The number of benzene rings is 1. The molecule has 0 radical (unpaired) electrons. The van der Waals surface area contributed by atoms with Crippen LogP contribution in [-0.2, 0) is 16.6 Å². The smallest absolute Gasteiger partial charge is 0.207 e. The normalized spacial score (nSPS) is 12.1. The standard InChI is InChI=1S/C13H13BrFNO2S2/c1-9-5-6-19-12(9)8-16(2)20(17,18)13-4-3-10(14)7-11(13)15/h3-7H,8H2,1-2H3. The molecule has 0 fully saturated rings. The van der Waals surface area contributed by atoms with Gasteiger partial charge < -0.3 is 0 Å². The topological polar surface area (TPSA) is 37.4 Å². The third-order valence-corrected chi connectivity index (χ3v) is 6.25. The molecule has 1 aromatic heterocycles. The monoisotopic (exact) mass is 377 g/mol. The van der Waals surface area contributed by atoms with Gasteiger partial charge in [-0.2, -0.15) is 4.31 Å². The quantitative estimate of drug-likeness (QED) is 0.812. The average molecular weight is 378 g/mol. The lowest BCUT2D eigenvalue weighted by Crippen LogP contribution is -2.27. The molecule has 108 valence electrons. The van der Waals surface area contributed by atoms with E-state index in [1.807, 2.05) is 18.4 Å². The highest BCUT2D eigenvalue weighted by atomic mass is 79.9. The lowest BCUT2D eigenvalue weighted by molar-refractivity contribution is 0.462. The van der Waals surface area contributed by atoms with Crippen molar-refractivity contribution in [2.45, 2.75) is 18.4 Å². The second kappa shape index (κ2) is 5.93. The van der Waals surface area contributed by atoms with E-state index in [9.17, 15) is 12.8 Å². The van der Waals surface area contributed by atoms with Gasteiger partial charge in [-0.3, -0.25) is 0 Å². The van der Waals surface area contributed by atoms with Gasteiger partial charge in [-0.15, -0.1) is 11.3 Å². The Balaban J connectivity index is 2.32. The third-order valence-electron chi connectivity index (χ3n) is 2.92. The van der Waals surface area contributed by atoms with Crippen LogP contribution < -0.4 is 0 Å². The van der Waals surface area contributed by atoms with Crippen molar-refractivity contribution in [3.05, 3.63) is 50.4 Å². The predicted octanol–water partition coefficient (Wildman–Crippen LogP) is 3.78. The van der Waals surface area contributed by atoms with Crippen molar-refractivity contribution in [2.75, 3.05) is 7.05 Å². The van der Waals surface area contributed by atoms with Crippen LogP contribution in [0.1, 0.15) is 10.4 Å². The molecule has 0 saturated heterocycles. The van der Waals surface area contributed by atoms with Gasteiger partial charge in [0.25, 0.3) is 0 Å². The molecule has 20 heavy (non-hydrogen) atoms. The molecule has 1 aromatic carbocycles. The number of thiophene rings is 1. The van der Waals surface area contributed by atoms with E-state index in [1.54, 1.807) is 0 Å². The average Bonchev–Trinajstić information content (AvgIpc) is 2.74. The Bertz CT molecular complexity index is 728. The highest BCUT2D eigenvalue weighted by Crippen LogP contribution is 2.25. The van der Waals surface area contributed by atoms with Crippen LogP contribution in [0.4, 0.5) is 4.39 Å². The maximum atomic E-state index is 13.8. The minimum absolute atomic E-state index is 0.237. The van der Waals surface area contributed by atoms with Crippen LogP contribution in [0, 0.1) is 12.7 Å². The molecule has 1 heterocycles. The second-order valence-corrected chi connectivity index (χ2v) is 8.29. The van der Waals surface area contributed by atoms with Gasteiger partial charge in [-0.1, -0.05) is 15.9 Å². The van der Waals surface area contributed by atoms with Crippen LogP contribution >= 0.6 is 27.3 Å². The summed E-state index contributed by atoms with van der Waals surface area (Å²) in [6, 6.07) is 5.87. The highest BCUT2D eigenvalue weighted by Gasteiger charge is 2.25. The second-order valence-electron chi connectivity index (χ2n) is 4.36. The number of halogens is 2. The summed E-state index contributed by atoms with van der Waals surface area (Å²) in [5.74, 6) is -0.755. The van der Waals surface area contributed by atoms with E-state index in [4.69, 9.17) is 0 Å². The number of nitrogens with zero attached hydrogens (tertiary/aromatic N) is 1. The molecule has 0 saturated carbocycles. The lowest BCUT2D eigenvalue weighted by atomic mass is 10.3. The first-order valence-corrected chi connectivity index (χ1v) is 8.88. The molecule has 2 aromatic rings. The van der Waals surface area contributed by atoms with E-state index in [-0.39, 0.29) is 11.4 Å². The number of sulfonamides is 1. The fourth-order valence-electron chi connectivity index (χ4n) is 1.71. The lowest BCUT2D eigenvalue weighted by Gasteiger charge is -2.17. The van der Waals surface area contributed by atoms with Crippen LogP contribution in [0.15, 0.2) is 39.0 Å². The summed E-state index contributed by atoms with van der Waals surface area (Å²) in [5, 5.41) is 1.91. The van der Waals surface area contributed by atoms with E-state index < -0.39 is 15.8 Å². The zero-order valence-corrected chi connectivity index (χ0v) is 14.1. The molecule has 3 nitrogen and oxygen atoms in total. The van der Waals surface area contributed by atoms with Gasteiger partial charge in [0.2, 0.25) is 10.0 Å². The molecule has 0 aliphatic carbocycles. The molecular weight excluding hydrogens is 365 g/mol. The molecule has 0 aliphatic heterocycles. The van der Waals surface area contributed by atoms with E-state index in [2.05, 4.69) is 15.9 Å². The molecule has 0 aliphatic rings. The summed E-state index contributed by atoms with van der Waals surface area (Å²) in [6.07, 6.45) is 0. The van der Waals surface area contributed by atoms with Gasteiger partial charge >= 0.3 is 0 Å². The van der Waals surface area contributed by atoms with Crippen molar-refractivity contribution in [1.29, 1.82) is 0 Å². The summed E-state index contributed by atoms with van der Waals surface area (Å²) >= 11 is 4.60. The van der Waals surface area contributed by atoms with Gasteiger partial charge in [-0.25, -0.2) is 12.8 Å². The minimum atomic E-state index is -3.84. The van der Waals surface area contributed by atoms with Gasteiger partial charge in [0.05, 0.1) is 0 Å². The number of hydrogen-bond donors (Lipinski definition) is 0. The van der Waals surface area contributed by atoms with Crippen LogP contribution in [0.25, 0.3) is 0 Å². The summed E-state index contributed by atoms with van der Waals surface area (Å²) in [7, 11) is -2.38. The maximum Gasteiger partial charge on any atom is 0.246 e. The van der Waals surface area contributed by atoms with E-state index >= 15 is 0 Å². The highest BCUT2D eigenvalue weighted by molar-refractivity contribution is 9.10. The molecule has 2 rings (SSSR count). The third kappa shape index (κ3) is 3.11. The van der Waals surface area contributed by atoms with E-state index in [1.165, 1.54) is 30.5 Å². The van der Waals surface area contributed by atoms with Gasteiger partial charge in [0.15, 0.2) is 0 Å². The molecule has 7 heteroatoms. The largest absolute Gasteiger partial charge is 0.246 e. The Morgan fingerprint density at radius 2 is 2.05 bits per heavy atom. The summed E-state index contributed by atoms with van der Waals surface area (Å²) in [5.41, 5.74) is 1.04.